The number of methoxy groups -OCH3 is 2. The van der Waals surface area contributed by atoms with Gasteiger partial charge in [-0.3, -0.25) is 4.79 Å². The van der Waals surface area contributed by atoms with Gasteiger partial charge >= 0.3 is 0 Å². The number of nitrogens with one attached hydrogen (secondary N) is 1. The lowest BCUT2D eigenvalue weighted by atomic mass is 10.2. The van der Waals surface area contributed by atoms with Gasteiger partial charge in [-0.1, -0.05) is 34.7 Å². The molecule has 0 radical (unpaired) electrons. The van der Waals surface area contributed by atoms with Crippen LogP contribution in [0.15, 0.2) is 16.5 Å². The van der Waals surface area contributed by atoms with E-state index < -0.39 is 0 Å². The van der Waals surface area contributed by atoms with Gasteiger partial charge < -0.3 is 14.8 Å². The third-order valence-corrected chi connectivity index (χ3v) is 4.85. The van der Waals surface area contributed by atoms with Gasteiger partial charge in [-0.15, -0.1) is 10.2 Å². The minimum atomic E-state index is -0.180. The first-order valence-electron chi connectivity index (χ1n) is 6.17. The van der Waals surface area contributed by atoms with Gasteiger partial charge in [-0.05, 0) is 6.92 Å². The fourth-order valence-electron chi connectivity index (χ4n) is 1.61. The van der Waals surface area contributed by atoms with E-state index in [4.69, 9.17) is 21.1 Å². The summed E-state index contributed by atoms with van der Waals surface area (Å²) in [6.07, 6.45) is 0. The number of carbonyl (C=O) groups is 1. The van der Waals surface area contributed by atoms with Gasteiger partial charge in [0.25, 0.3) is 0 Å². The number of amides is 1. The van der Waals surface area contributed by atoms with Crippen LogP contribution in [-0.4, -0.2) is 36.1 Å². The van der Waals surface area contributed by atoms with Crippen LogP contribution >= 0.6 is 34.7 Å². The van der Waals surface area contributed by atoms with E-state index in [1.165, 1.54) is 37.3 Å². The average Bonchev–Trinajstić information content (AvgIpc) is 2.92. The number of nitrogens with zero attached hydrogens (tertiary/aromatic N) is 2. The Morgan fingerprint density at radius 2 is 2.05 bits per heavy atom. The Labute approximate surface area is 141 Å². The SMILES string of the molecule is COc1cc(NC(=O)CSc2nnc(C)s2)c(OC)cc1Cl. The number of benzene rings is 1. The van der Waals surface area contributed by atoms with Crippen LogP contribution in [0.4, 0.5) is 5.69 Å². The van der Waals surface area contributed by atoms with Crippen LogP contribution in [0.1, 0.15) is 5.01 Å². The zero-order chi connectivity index (χ0) is 16.1. The lowest BCUT2D eigenvalue weighted by molar-refractivity contribution is -0.113. The van der Waals surface area contributed by atoms with Gasteiger partial charge in [0.15, 0.2) is 4.34 Å². The summed E-state index contributed by atoms with van der Waals surface area (Å²) >= 11 is 8.80. The largest absolute Gasteiger partial charge is 0.495 e. The van der Waals surface area contributed by atoms with Crippen molar-refractivity contribution in [3.63, 3.8) is 0 Å². The number of carbonyl (C=O) groups excluding carboxylic acids is 1. The highest BCUT2D eigenvalue weighted by molar-refractivity contribution is 8.01. The second kappa shape index (κ2) is 7.66. The van der Waals surface area contributed by atoms with E-state index in [0.717, 1.165) is 9.35 Å². The quantitative estimate of drug-likeness (QED) is 0.798. The van der Waals surface area contributed by atoms with Crippen molar-refractivity contribution in [1.29, 1.82) is 0 Å². The highest BCUT2D eigenvalue weighted by Gasteiger charge is 2.13. The smallest absolute Gasteiger partial charge is 0.234 e. The van der Waals surface area contributed by atoms with Crippen molar-refractivity contribution in [1.82, 2.24) is 10.2 Å². The van der Waals surface area contributed by atoms with Crippen molar-refractivity contribution in [2.45, 2.75) is 11.3 Å². The van der Waals surface area contributed by atoms with Gasteiger partial charge in [-0.2, -0.15) is 0 Å². The van der Waals surface area contributed by atoms with E-state index in [0.29, 0.717) is 22.2 Å². The van der Waals surface area contributed by atoms with Crippen LogP contribution < -0.4 is 14.8 Å². The van der Waals surface area contributed by atoms with Crippen molar-refractivity contribution < 1.29 is 14.3 Å². The predicted octanol–water partition coefficient (Wildman–Crippen LogP) is 3.25. The number of aromatic nitrogens is 2. The average molecular weight is 360 g/mol. The van der Waals surface area contributed by atoms with E-state index in [-0.39, 0.29) is 11.7 Å². The summed E-state index contributed by atoms with van der Waals surface area (Å²) in [5.74, 6) is 0.976. The van der Waals surface area contributed by atoms with Crippen LogP contribution in [0, 0.1) is 6.92 Å². The minimum Gasteiger partial charge on any atom is -0.495 e. The minimum absolute atomic E-state index is 0.180. The maximum Gasteiger partial charge on any atom is 0.234 e. The van der Waals surface area contributed by atoms with Crippen molar-refractivity contribution in [3.05, 3.63) is 22.2 Å². The first kappa shape index (κ1) is 16.9. The summed E-state index contributed by atoms with van der Waals surface area (Å²) in [6.45, 7) is 1.87. The van der Waals surface area contributed by atoms with E-state index in [1.807, 2.05) is 6.92 Å². The second-order valence-corrected chi connectivity index (χ2v) is 6.92. The molecule has 1 amide bonds. The third-order valence-electron chi connectivity index (χ3n) is 2.58. The third kappa shape index (κ3) is 4.25. The molecule has 118 valence electrons. The van der Waals surface area contributed by atoms with Gasteiger partial charge in [-0.25, -0.2) is 0 Å². The molecule has 0 aliphatic carbocycles. The molecule has 0 atom stereocenters. The lowest BCUT2D eigenvalue weighted by Crippen LogP contribution is -2.14. The molecule has 0 saturated carbocycles. The molecule has 0 bridgehead atoms. The number of thioether (sulfide) groups is 1. The zero-order valence-corrected chi connectivity index (χ0v) is 14.6. The molecule has 0 saturated heterocycles. The summed E-state index contributed by atoms with van der Waals surface area (Å²) in [4.78, 5) is 12.0. The van der Waals surface area contributed by atoms with E-state index in [1.54, 1.807) is 12.1 Å². The van der Waals surface area contributed by atoms with Gasteiger partial charge in [0, 0.05) is 12.1 Å². The molecule has 1 N–H and O–H groups in total. The number of anilines is 1. The second-order valence-electron chi connectivity index (χ2n) is 4.11. The molecule has 0 spiro atoms. The van der Waals surface area contributed by atoms with Crippen LogP contribution in [0.2, 0.25) is 5.02 Å². The molecule has 0 aliphatic heterocycles. The fourth-order valence-corrected chi connectivity index (χ4v) is 3.45. The van der Waals surface area contributed by atoms with Crippen LogP contribution in [-0.2, 0) is 4.79 Å². The van der Waals surface area contributed by atoms with E-state index in [2.05, 4.69) is 15.5 Å². The Kier molecular flexibility index (Phi) is 5.87. The number of aryl methyl sites for hydroxylation is 1. The molecule has 0 fully saturated rings. The summed E-state index contributed by atoms with van der Waals surface area (Å²) < 4.78 is 11.1. The molecule has 22 heavy (non-hydrogen) atoms. The molecule has 1 aromatic heterocycles. The summed E-state index contributed by atoms with van der Waals surface area (Å²) in [5.41, 5.74) is 0.503. The summed E-state index contributed by atoms with van der Waals surface area (Å²) in [7, 11) is 3.01. The maximum atomic E-state index is 12.0. The van der Waals surface area contributed by atoms with Gasteiger partial charge in [0.1, 0.15) is 16.5 Å². The maximum absolute atomic E-state index is 12.0. The Morgan fingerprint density at radius 3 is 2.64 bits per heavy atom. The molecule has 6 nitrogen and oxygen atoms in total. The van der Waals surface area contributed by atoms with Crippen molar-refractivity contribution in [2.75, 3.05) is 25.3 Å². The number of hydrogen-bond acceptors (Lipinski definition) is 7. The molecular formula is C13H14ClN3O3S2. The van der Waals surface area contributed by atoms with Crippen LogP contribution in [0.3, 0.4) is 0 Å². The van der Waals surface area contributed by atoms with Crippen LogP contribution in [0.25, 0.3) is 0 Å². The monoisotopic (exact) mass is 359 g/mol. The molecule has 1 heterocycles. The first-order valence-corrected chi connectivity index (χ1v) is 8.35. The topological polar surface area (TPSA) is 73.3 Å². The molecule has 2 rings (SSSR count). The Morgan fingerprint density at radius 1 is 1.32 bits per heavy atom. The predicted molar refractivity (Wildman–Crippen MR) is 88.6 cm³/mol. The molecule has 2 aromatic rings. The highest BCUT2D eigenvalue weighted by atomic mass is 35.5. The van der Waals surface area contributed by atoms with Gasteiger partial charge in [0.2, 0.25) is 5.91 Å². The Hall–Kier alpha value is -1.51. The van der Waals surface area contributed by atoms with Crippen LogP contribution in [0.5, 0.6) is 11.5 Å². The standard InChI is InChI=1S/C13H14ClN3O3S2/c1-7-16-17-13(22-7)21-6-12(18)15-9-5-10(19-2)8(14)4-11(9)20-3/h4-5H,6H2,1-3H3,(H,15,18). The number of rotatable bonds is 6. The molecule has 0 aliphatic rings. The normalized spacial score (nSPS) is 10.4. The molecule has 0 unspecified atom stereocenters. The van der Waals surface area contributed by atoms with Crippen molar-refractivity contribution in [3.8, 4) is 11.5 Å². The summed E-state index contributed by atoms with van der Waals surface area (Å²) in [6, 6.07) is 3.22. The fraction of sp³-hybridized carbons (Fsp3) is 0.308. The molecular weight excluding hydrogens is 346 g/mol. The summed E-state index contributed by atoms with van der Waals surface area (Å²) in [5, 5.41) is 11.9. The first-order chi connectivity index (χ1) is 10.5. The van der Waals surface area contributed by atoms with E-state index in [9.17, 15) is 4.79 Å². The number of halogens is 1. The van der Waals surface area contributed by atoms with Crippen molar-refractivity contribution >= 4 is 46.3 Å². The Balaban J connectivity index is 2.04. The highest BCUT2D eigenvalue weighted by Crippen LogP contribution is 2.36. The van der Waals surface area contributed by atoms with Crippen molar-refractivity contribution in [2.24, 2.45) is 0 Å². The molecule has 9 heteroatoms. The van der Waals surface area contributed by atoms with E-state index >= 15 is 0 Å². The number of hydrogen-bond donors (Lipinski definition) is 1. The molecule has 1 aromatic carbocycles. The lowest BCUT2D eigenvalue weighted by Gasteiger charge is -2.12. The Bertz CT molecular complexity index is 679. The number of ether oxygens (including phenoxy) is 2. The van der Waals surface area contributed by atoms with Gasteiger partial charge in [0.05, 0.1) is 30.7 Å². The zero-order valence-electron chi connectivity index (χ0n) is 12.2.